The maximum Gasteiger partial charge on any atom is 0.271 e. The molecule has 2 N–H and O–H groups in total. The molecule has 9 nitrogen and oxygen atoms in total. The van der Waals surface area contributed by atoms with E-state index in [1.165, 1.54) is 11.3 Å². The smallest absolute Gasteiger partial charge is 0.271 e. The molecule has 0 aliphatic heterocycles. The number of nitro groups is 1. The molecule has 1 amide bonds. The first-order chi connectivity index (χ1) is 13.9. The van der Waals surface area contributed by atoms with E-state index in [-0.39, 0.29) is 17.1 Å². The molecule has 1 aromatic heterocycles. The zero-order valence-electron chi connectivity index (χ0n) is 14.9. The van der Waals surface area contributed by atoms with Crippen LogP contribution in [0.15, 0.2) is 46.8 Å². The Hall–Kier alpha value is -3.25. The van der Waals surface area contributed by atoms with Crippen LogP contribution in [0.4, 0.5) is 26.6 Å². The Labute approximate surface area is 172 Å². The van der Waals surface area contributed by atoms with Crippen molar-refractivity contribution in [3.63, 3.8) is 0 Å². The standard InChI is InChI=1S/C17H14FN5O4S2/c1-27-12-4-2-3-10(7-12)19-16-21-22-17(29-16)28-9-15(24)20-14-8-11(23(25)26)5-6-13(14)18/h2-8H,9H2,1H3,(H,19,21)(H,20,24). The number of thioether (sulfide) groups is 1. The van der Waals surface area contributed by atoms with Crippen LogP contribution in [0.2, 0.25) is 0 Å². The highest BCUT2D eigenvalue weighted by Gasteiger charge is 2.14. The second-order valence-electron chi connectivity index (χ2n) is 5.49. The average molecular weight is 435 g/mol. The van der Waals surface area contributed by atoms with Crippen molar-refractivity contribution in [2.75, 3.05) is 23.5 Å². The molecule has 12 heteroatoms. The van der Waals surface area contributed by atoms with Gasteiger partial charge in [0.05, 0.1) is 23.5 Å². The lowest BCUT2D eigenvalue weighted by atomic mass is 10.2. The number of halogens is 1. The summed E-state index contributed by atoms with van der Waals surface area (Å²) in [5.41, 5.74) is 0.213. The normalized spacial score (nSPS) is 10.4. The number of nitrogens with zero attached hydrogens (tertiary/aromatic N) is 3. The van der Waals surface area contributed by atoms with Gasteiger partial charge in [-0.3, -0.25) is 14.9 Å². The van der Waals surface area contributed by atoms with Crippen molar-refractivity contribution in [3.8, 4) is 5.75 Å². The third kappa shape index (κ3) is 5.62. The number of nitro benzene ring substituents is 1. The van der Waals surface area contributed by atoms with Gasteiger partial charge in [-0.05, 0) is 18.2 Å². The number of hydrogen-bond donors (Lipinski definition) is 2. The number of rotatable bonds is 8. The van der Waals surface area contributed by atoms with E-state index in [2.05, 4.69) is 20.8 Å². The van der Waals surface area contributed by atoms with Crippen molar-refractivity contribution in [2.24, 2.45) is 0 Å². The number of anilines is 3. The van der Waals surface area contributed by atoms with Crippen molar-refractivity contribution in [1.82, 2.24) is 10.2 Å². The predicted molar refractivity (Wildman–Crippen MR) is 109 cm³/mol. The summed E-state index contributed by atoms with van der Waals surface area (Å²) >= 11 is 2.36. The summed E-state index contributed by atoms with van der Waals surface area (Å²) in [4.78, 5) is 22.2. The molecule has 0 saturated heterocycles. The van der Waals surface area contributed by atoms with Crippen LogP contribution in [0.3, 0.4) is 0 Å². The Morgan fingerprint density at radius 2 is 2.14 bits per heavy atom. The van der Waals surface area contributed by atoms with Gasteiger partial charge in [-0.2, -0.15) is 0 Å². The van der Waals surface area contributed by atoms with Crippen LogP contribution in [0.5, 0.6) is 5.75 Å². The summed E-state index contributed by atoms with van der Waals surface area (Å²) in [7, 11) is 1.57. The first-order valence-electron chi connectivity index (χ1n) is 8.06. The summed E-state index contributed by atoms with van der Waals surface area (Å²) in [5.74, 6) is -0.642. The molecule has 3 aromatic rings. The molecule has 0 saturated carbocycles. The topological polar surface area (TPSA) is 119 Å². The zero-order chi connectivity index (χ0) is 20.8. The van der Waals surface area contributed by atoms with E-state index in [0.717, 1.165) is 35.6 Å². The van der Waals surface area contributed by atoms with Crippen LogP contribution >= 0.6 is 23.1 Å². The van der Waals surface area contributed by atoms with Crippen LogP contribution < -0.4 is 15.4 Å². The maximum atomic E-state index is 13.7. The van der Waals surface area contributed by atoms with Gasteiger partial charge in [-0.25, -0.2) is 4.39 Å². The summed E-state index contributed by atoms with van der Waals surface area (Å²) in [6, 6.07) is 10.2. The Kier molecular flexibility index (Phi) is 6.57. The minimum absolute atomic E-state index is 0.0596. The maximum absolute atomic E-state index is 13.7. The van der Waals surface area contributed by atoms with E-state index in [1.807, 2.05) is 18.2 Å². The minimum Gasteiger partial charge on any atom is -0.497 e. The third-order valence-corrected chi connectivity index (χ3v) is 5.46. The average Bonchev–Trinajstić information content (AvgIpc) is 3.15. The van der Waals surface area contributed by atoms with Crippen LogP contribution in [-0.4, -0.2) is 33.9 Å². The number of ether oxygens (including phenoxy) is 1. The van der Waals surface area contributed by atoms with Crippen LogP contribution in [-0.2, 0) is 4.79 Å². The molecule has 0 fully saturated rings. The monoisotopic (exact) mass is 435 g/mol. The number of hydrogen-bond acceptors (Lipinski definition) is 9. The van der Waals surface area contributed by atoms with Gasteiger partial charge in [0.15, 0.2) is 4.34 Å². The molecule has 0 spiro atoms. The van der Waals surface area contributed by atoms with Gasteiger partial charge in [0.2, 0.25) is 11.0 Å². The van der Waals surface area contributed by atoms with Gasteiger partial charge in [0.25, 0.3) is 5.69 Å². The minimum atomic E-state index is -0.755. The van der Waals surface area contributed by atoms with Crippen LogP contribution in [0.1, 0.15) is 0 Å². The number of carbonyl (C=O) groups excluding carboxylic acids is 1. The number of benzene rings is 2. The van der Waals surface area contributed by atoms with Crippen molar-refractivity contribution in [1.29, 1.82) is 0 Å². The lowest BCUT2D eigenvalue weighted by Gasteiger charge is -2.05. The highest BCUT2D eigenvalue weighted by molar-refractivity contribution is 8.01. The SMILES string of the molecule is COc1cccc(Nc2nnc(SCC(=O)Nc3cc([N+](=O)[O-])ccc3F)s2)c1. The van der Waals surface area contributed by atoms with Crippen LogP contribution in [0.25, 0.3) is 0 Å². The van der Waals surface area contributed by atoms with E-state index in [0.29, 0.717) is 15.2 Å². The van der Waals surface area contributed by atoms with Gasteiger partial charge in [-0.1, -0.05) is 29.2 Å². The van der Waals surface area contributed by atoms with Crippen LogP contribution in [0, 0.1) is 15.9 Å². The van der Waals surface area contributed by atoms with Gasteiger partial charge >= 0.3 is 0 Å². The highest BCUT2D eigenvalue weighted by Crippen LogP contribution is 2.29. The fraction of sp³-hybridized carbons (Fsp3) is 0.118. The van der Waals surface area contributed by atoms with Crippen molar-refractivity contribution in [3.05, 3.63) is 58.4 Å². The third-order valence-electron chi connectivity index (χ3n) is 3.49. The van der Waals surface area contributed by atoms with E-state index in [1.54, 1.807) is 13.2 Å². The largest absolute Gasteiger partial charge is 0.497 e. The lowest BCUT2D eigenvalue weighted by Crippen LogP contribution is -2.15. The van der Waals surface area contributed by atoms with E-state index in [9.17, 15) is 19.3 Å². The van der Waals surface area contributed by atoms with Gasteiger partial charge in [0, 0.05) is 23.9 Å². The Morgan fingerprint density at radius 1 is 1.31 bits per heavy atom. The van der Waals surface area contributed by atoms with Crippen molar-refractivity contribution in [2.45, 2.75) is 4.34 Å². The molecule has 29 heavy (non-hydrogen) atoms. The molecule has 2 aromatic carbocycles. The molecule has 0 radical (unpaired) electrons. The Balaban J connectivity index is 1.56. The molecule has 0 atom stereocenters. The fourth-order valence-electron chi connectivity index (χ4n) is 2.18. The van der Waals surface area contributed by atoms with Crippen molar-refractivity contribution < 1.29 is 18.8 Å². The van der Waals surface area contributed by atoms with E-state index < -0.39 is 16.6 Å². The number of amides is 1. The summed E-state index contributed by atoms with van der Waals surface area (Å²) < 4.78 is 19.4. The molecule has 150 valence electrons. The van der Waals surface area contributed by atoms with Gasteiger partial charge < -0.3 is 15.4 Å². The van der Waals surface area contributed by atoms with Gasteiger partial charge in [-0.15, -0.1) is 10.2 Å². The number of methoxy groups -OCH3 is 1. The zero-order valence-corrected chi connectivity index (χ0v) is 16.6. The van der Waals surface area contributed by atoms with E-state index in [4.69, 9.17) is 4.74 Å². The lowest BCUT2D eigenvalue weighted by molar-refractivity contribution is -0.384. The molecule has 0 bridgehead atoms. The molecule has 3 rings (SSSR count). The molecule has 0 aliphatic carbocycles. The second kappa shape index (κ2) is 9.30. The number of carbonyl (C=O) groups is 1. The molecule has 0 unspecified atom stereocenters. The number of nitrogens with one attached hydrogen (secondary N) is 2. The van der Waals surface area contributed by atoms with Gasteiger partial charge in [0.1, 0.15) is 11.6 Å². The quantitative estimate of drug-likeness (QED) is 0.309. The molecule has 0 aliphatic rings. The second-order valence-corrected chi connectivity index (χ2v) is 7.69. The summed E-state index contributed by atoms with van der Waals surface area (Å²) in [5, 5.41) is 24.7. The first kappa shape index (κ1) is 20.5. The number of aromatic nitrogens is 2. The highest BCUT2D eigenvalue weighted by atomic mass is 32.2. The number of non-ortho nitro benzene ring substituents is 1. The Bertz CT molecular complexity index is 1050. The molecular formula is C17H14FN5O4S2. The molecule has 1 heterocycles. The van der Waals surface area contributed by atoms with Crippen molar-refractivity contribution >= 4 is 51.2 Å². The van der Waals surface area contributed by atoms with E-state index >= 15 is 0 Å². The summed E-state index contributed by atoms with van der Waals surface area (Å²) in [6.45, 7) is 0. The Morgan fingerprint density at radius 3 is 2.90 bits per heavy atom. The molecular weight excluding hydrogens is 421 g/mol. The fourth-order valence-corrected chi connectivity index (χ4v) is 3.75. The first-order valence-corrected chi connectivity index (χ1v) is 9.86. The summed E-state index contributed by atoms with van der Waals surface area (Å²) in [6.07, 6.45) is 0. The predicted octanol–water partition coefficient (Wildman–Crippen LogP) is 4.07.